The summed E-state index contributed by atoms with van der Waals surface area (Å²) in [5.41, 5.74) is 0. The highest BCUT2D eigenvalue weighted by Crippen LogP contribution is 2.09. The summed E-state index contributed by atoms with van der Waals surface area (Å²) in [4.78, 5) is 11.4. The van der Waals surface area contributed by atoms with Crippen LogP contribution in [-0.4, -0.2) is 25.5 Å². The van der Waals surface area contributed by atoms with Gasteiger partial charge in [0, 0.05) is 6.42 Å². The Morgan fingerprint density at radius 2 is 1.23 bits per heavy atom. The number of thiol groups is 1. The van der Waals surface area contributed by atoms with Gasteiger partial charge >= 0.3 is 5.97 Å². The van der Waals surface area contributed by atoms with Crippen molar-refractivity contribution in [2.75, 3.05) is 6.61 Å². The zero-order valence-corrected chi connectivity index (χ0v) is 15.1. The molecule has 0 aliphatic rings. The Morgan fingerprint density at radius 3 is 1.73 bits per heavy atom. The molecule has 0 amide bonds. The number of carbonyl (C=O) groups is 1. The highest BCUT2D eigenvalue weighted by atomic mass is 32.2. The van der Waals surface area contributed by atoms with Gasteiger partial charge in [0.2, 0.25) is 0 Å². The normalized spacial score (nSPS) is 10.2. The zero-order chi connectivity index (χ0) is 17.1. The van der Waals surface area contributed by atoms with Crippen molar-refractivity contribution in [1.82, 2.24) is 0 Å². The predicted octanol–water partition coefficient (Wildman–Crippen LogP) is 4.32. The van der Waals surface area contributed by atoms with E-state index in [-0.39, 0.29) is 5.97 Å². The van der Waals surface area contributed by atoms with Crippen LogP contribution in [0.25, 0.3) is 0 Å². The van der Waals surface area contributed by atoms with Gasteiger partial charge in [0.1, 0.15) is 0 Å². The molecule has 1 N–H and O–H groups in total. The molecule has 0 aliphatic heterocycles. The van der Waals surface area contributed by atoms with Gasteiger partial charge in [0.15, 0.2) is 0 Å². The number of esters is 1. The Labute approximate surface area is 137 Å². The van der Waals surface area contributed by atoms with Crippen molar-refractivity contribution >= 4 is 17.0 Å². The topological polar surface area (TPSA) is 80.7 Å². The molecule has 0 unspecified atom stereocenters. The maximum Gasteiger partial charge on any atom is 0.305 e. The summed E-state index contributed by atoms with van der Waals surface area (Å²) in [6.45, 7) is 5.04. The van der Waals surface area contributed by atoms with Gasteiger partial charge in [-0.15, -0.1) is 0 Å². The standard InChI is InChI=1S/C16H32O2.H2O3S/c1-3-5-7-9-10-11-12-14-16(17)18-15-13-8-6-4-2;1-4(2)3/h3-15H2,1-2H3;4H,(H,1,2,3). The van der Waals surface area contributed by atoms with E-state index in [0.717, 1.165) is 12.8 Å². The lowest BCUT2D eigenvalue weighted by Gasteiger charge is -2.04. The second-order valence-corrected chi connectivity index (χ2v) is 5.87. The maximum atomic E-state index is 11.4. The molecular formula is C16H34O5S. The molecule has 0 spiro atoms. The van der Waals surface area contributed by atoms with Gasteiger partial charge in [-0.05, 0) is 12.8 Å². The molecule has 0 saturated carbocycles. The first-order valence-corrected chi connectivity index (χ1v) is 9.66. The van der Waals surface area contributed by atoms with Crippen LogP contribution in [0.5, 0.6) is 0 Å². The van der Waals surface area contributed by atoms with Crippen LogP contribution in [0.2, 0.25) is 0 Å². The summed E-state index contributed by atoms with van der Waals surface area (Å²) in [5, 5.41) is 0. The SMILES string of the molecule is CCCCCCCCCC(=O)OCCCCCC.O=[SH](=O)O. The highest BCUT2D eigenvalue weighted by molar-refractivity contribution is 7.66. The Balaban J connectivity index is 0. The van der Waals surface area contributed by atoms with Crippen LogP contribution < -0.4 is 0 Å². The maximum absolute atomic E-state index is 11.4. The van der Waals surface area contributed by atoms with Crippen molar-refractivity contribution in [2.45, 2.75) is 90.9 Å². The molecule has 0 heterocycles. The van der Waals surface area contributed by atoms with Crippen LogP contribution in [0, 0.1) is 0 Å². The van der Waals surface area contributed by atoms with Crippen molar-refractivity contribution in [2.24, 2.45) is 0 Å². The third kappa shape index (κ3) is 27.7. The average molecular weight is 339 g/mol. The summed E-state index contributed by atoms with van der Waals surface area (Å²) < 4.78 is 29.4. The van der Waals surface area contributed by atoms with Gasteiger partial charge in [-0.3, -0.25) is 9.35 Å². The Hall–Kier alpha value is -0.620. The van der Waals surface area contributed by atoms with Crippen LogP contribution in [-0.2, 0) is 20.5 Å². The first-order chi connectivity index (χ1) is 10.5. The van der Waals surface area contributed by atoms with Crippen LogP contribution in [0.4, 0.5) is 0 Å². The third-order valence-electron chi connectivity index (χ3n) is 3.25. The van der Waals surface area contributed by atoms with Gasteiger partial charge in [0.05, 0.1) is 6.61 Å². The quantitative estimate of drug-likeness (QED) is 0.226. The van der Waals surface area contributed by atoms with Gasteiger partial charge in [-0.25, -0.2) is 8.42 Å². The van der Waals surface area contributed by atoms with Gasteiger partial charge < -0.3 is 4.74 Å². The molecule has 0 atom stereocenters. The lowest BCUT2D eigenvalue weighted by Crippen LogP contribution is -2.05. The second kappa shape index (κ2) is 20.4. The monoisotopic (exact) mass is 338 g/mol. The molecule has 0 rings (SSSR count). The first kappa shape index (κ1) is 23.6. The van der Waals surface area contributed by atoms with Crippen molar-refractivity contribution in [1.29, 1.82) is 0 Å². The lowest BCUT2D eigenvalue weighted by atomic mass is 10.1. The summed E-state index contributed by atoms with van der Waals surface area (Å²) in [5.74, 6) is 0.0000525. The minimum atomic E-state index is -3.12. The van der Waals surface area contributed by atoms with Crippen molar-refractivity contribution < 1.29 is 22.5 Å². The summed E-state index contributed by atoms with van der Waals surface area (Å²) in [6.07, 6.45) is 14.0. The number of carbonyl (C=O) groups excluding carboxylic acids is 1. The Bertz CT molecular complexity index is 295. The highest BCUT2D eigenvalue weighted by Gasteiger charge is 2.02. The Kier molecular flexibility index (Phi) is 21.9. The van der Waals surface area contributed by atoms with Gasteiger partial charge in [-0.2, -0.15) is 0 Å². The fourth-order valence-electron chi connectivity index (χ4n) is 2.01. The number of hydrogen-bond donors (Lipinski definition) is 2. The minimum absolute atomic E-state index is 0.0000525. The molecule has 0 fully saturated rings. The van der Waals surface area contributed by atoms with Gasteiger partial charge in [0.25, 0.3) is 11.0 Å². The first-order valence-electron chi connectivity index (χ1n) is 8.53. The molecule has 134 valence electrons. The van der Waals surface area contributed by atoms with Crippen molar-refractivity contribution in [3.63, 3.8) is 0 Å². The largest absolute Gasteiger partial charge is 0.466 e. The van der Waals surface area contributed by atoms with E-state index in [4.69, 9.17) is 17.7 Å². The summed E-state index contributed by atoms with van der Waals surface area (Å²) in [6, 6.07) is 0. The fraction of sp³-hybridized carbons (Fsp3) is 0.938. The van der Waals surface area contributed by atoms with E-state index in [1.165, 1.54) is 57.8 Å². The van der Waals surface area contributed by atoms with Crippen molar-refractivity contribution in [3.8, 4) is 0 Å². The van der Waals surface area contributed by atoms with Crippen LogP contribution in [0.1, 0.15) is 90.9 Å². The van der Waals surface area contributed by atoms with Crippen LogP contribution in [0.15, 0.2) is 0 Å². The number of ether oxygens (including phenoxy) is 1. The van der Waals surface area contributed by atoms with E-state index in [1.54, 1.807) is 0 Å². The van der Waals surface area contributed by atoms with Crippen LogP contribution in [0.3, 0.4) is 0 Å². The number of unbranched alkanes of at least 4 members (excludes halogenated alkanes) is 9. The molecule has 22 heavy (non-hydrogen) atoms. The van der Waals surface area contributed by atoms with Crippen molar-refractivity contribution in [3.05, 3.63) is 0 Å². The number of hydrogen-bond acceptors (Lipinski definition) is 4. The molecule has 6 heteroatoms. The van der Waals surface area contributed by atoms with E-state index in [1.807, 2.05) is 0 Å². The Morgan fingerprint density at radius 1 is 0.818 bits per heavy atom. The molecular weight excluding hydrogens is 304 g/mol. The average Bonchev–Trinajstić information content (AvgIpc) is 2.45. The lowest BCUT2D eigenvalue weighted by molar-refractivity contribution is -0.143. The second-order valence-electron chi connectivity index (χ2n) is 5.39. The molecule has 0 bridgehead atoms. The molecule has 0 aromatic carbocycles. The zero-order valence-electron chi connectivity index (χ0n) is 14.2. The van der Waals surface area contributed by atoms with E-state index in [0.29, 0.717) is 13.0 Å². The third-order valence-corrected chi connectivity index (χ3v) is 3.25. The number of rotatable bonds is 13. The van der Waals surface area contributed by atoms with E-state index < -0.39 is 11.0 Å². The molecule has 0 radical (unpaired) electrons. The van der Waals surface area contributed by atoms with E-state index >= 15 is 0 Å². The fourth-order valence-corrected chi connectivity index (χ4v) is 2.01. The molecule has 5 nitrogen and oxygen atoms in total. The van der Waals surface area contributed by atoms with E-state index in [2.05, 4.69) is 13.8 Å². The smallest absolute Gasteiger partial charge is 0.305 e. The summed E-state index contributed by atoms with van der Waals surface area (Å²) in [7, 11) is -3.12. The summed E-state index contributed by atoms with van der Waals surface area (Å²) >= 11 is 0. The van der Waals surface area contributed by atoms with E-state index in [9.17, 15) is 4.79 Å². The molecule has 0 aromatic rings. The molecule has 0 aromatic heterocycles. The van der Waals surface area contributed by atoms with Gasteiger partial charge in [-0.1, -0.05) is 71.6 Å². The molecule has 0 saturated heterocycles. The predicted molar refractivity (Wildman–Crippen MR) is 90.7 cm³/mol. The van der Waals surface area contributed by atoms with Crippen LogP contribution >= 0.6 is 0 Å². The minimum Gasteiger partial charge on any atom is -0.466 e. The molecule has 0 aliphatic carbocycles.